The van der Waals surface area contributed by atoms with Crippen molar-refractivity contribution in [3.05, 3.63) is 35.6 Å². The Labute approximate surface area is 140 Å². The topological polar surface area (TPSA) is 83.5 Å². The van der Waals surface area contributed by atoms with Crippen molar-refractivity contribution in [2.24, 2.45) is 0 Å². The molecule has 130 valence electrons. The monoisotopic (exact) mass is 335 g/mol. The van der Waals surface area contributed by atoms with Gasteiger partial charge in [0.1, 0.15) is 5.82 Å². The molecule has 1 aliphatic rings. The maximum absolute atomic E-state index is 12.8. The van der Waals surface area contributed by atoms with E-state index in [2.05, 4.69) is 5.32 Å². The zero-order chi connectivity index (χ0) is 17.6. The van der Waals surface area contributed by atoms with Gasteiger partial charge in [0, 0.05) is 18.4 Å². The molecule has 1 saturated carbocycles. The largest absolute Gasteiger partial charge is 0.481 e. The number of Topliss-reactive ketones (excluding diaryl/α,β-unsaturated/α-hetero) is 1. The molecule has 0 unspecified atom stereocenters. The van der Waals surface area contributed by atoms with Gasteiger partial charge < -0.3 is 10.4 Å². The fourth-order valence-corrected chi connectivity index (χ4v) is 3.23. The average Bonchev–Trinajstić information content (AvgIpc) is 2.53. The molecule has 0 bridgehead atoms. The lowest BCUT2D eigenvalue weighted by Crippen LogP contribution is -2.51. The van der Waals surface area contributed by atoms with Crippen LogP contribution < -0.4 is 5.32 Å². The van der Waals surface area contributed by atoms with Crippen LogP contribution in [0, 0.1) is 5.82 Å². The quantitative estimate of drug-likeness (QED) is 0.750. The van der Waals surface area contributed by atoms with Crippen LogP contribution in [0.15, 0.2) is 24.3 Å². The number of carbonyl (C=O) groups is 3. The first-order valence-electron chi connectivity index (χ1n) is 8.22. The first-order valence-corrected chi connectivity index (χ1v) is 8.22. The smallest absolute Gasteiger partial charge is 0.305 e. The normalized spacial score (nSPS) is 16.4. The van der Waals surface area contributed by atoms with E-state index in [-0.39, 0.29) is 31.0 Å². The van der Waals surface area contributed by atoms with Crippen molar-refractivity contribution in [1.82, 2.24) is 5.32 Å². The summed E-state index contributed by atoms with van der Waals surface area (Å²) in [6.45, 7) is 0. The van der Waals surface area contributed by atoms with Gasteiger partial charge in [-0.3, -0.25) is 14.4 Å². The molecule has 1 aromatic rings. The number of amides is 1. The van der Waals surface area contributed by atoms with E-state index in [1.807, 2.05) is 0 Å². The molecule has 0 heterocycles. The number of carbonyl (C=O) groups excluding carboxylic acids is 2. The Morgan fingerprint density at radius 3 is 2.25 bits per heavy atom. The summed E-state index contributed by atoms with van der Waals surface area (Å²) in [5.41, 5.74) is -0.331. The van der Waals surface area contributed by atoms with Crippen LogP contribution in [0.5, 0.6) is 0 Å². The van der Waals surface area contributed by atoms with Crippen LogP contribution in [0.2, 0.25) is 0 Å². The van der Waals surface area contributed by atoms with Crippen molar-refractivity contribution in [2.45, 2.75) is 56.9 Å². The molecule has 2 rings (SSSR count). The number of nitrogens with one attached hydrogen (secondary N) is 1. The SMILES string of the molecule is O=C(O)CC1(NC(=O)CCC(=O)c2ccc(F)cc2)CCCCC1. The average molecular weight is 335 g/mol. The number of carboxylic acids is 1. The standard InChI is InChI=1S/C18H22FNO4/c19-14-6-4-13(5-7-14)15(21)8-9-16(22)20-18(12-17(23)24)10-2-1-3-11-18/h4-7H,1-3,8-12H2,(H,20,22)(H,23,24). The van der Waals surface area contributed by atoms with Crippen LogP contribution in [0.25, 0.3) is 0 Å². The minimum Gasteiger partial charge on any atom is -0.481 e. The van der Waals surface area contributed by atoms with Crippen molar-refractivity contribution in [1.29, 1.82) is 0 Å². The molecule has 6 heteroatoms. The summed E-state index contributed by atoms with van der Waals surface area (Å²) < 4.78 is 12.8. The van der Waals surface area contributed by atoms with Crippen LogP contribution in [0.3, 0.4) is 0 Å². The summed E-state index contributed by atoms with van der Waals surface area (Å²) in [6, 6.07) is 5.19. The highest BCUT2D eigenvalue weighted by Crippen LogP contribution is 2.31. The summed E-state index contributed by atoms with van der Waals surface area (Å²) >= 11 is 0. The van der Waals surface area contributed by atoms with Gasteiger partial charge >= 0.3 is 5.97 Å². The van der Waals surface area contributed by atoms with Gasteiger partial charge in [-0.05, 0) is 37.1 Å². The molecule has 0 radical (unpaired) electrons. The third-order valence-corrected chi connectivity index (χ3v) is 4.45. The van der Waals surface area contributed by atoms with Gasteiger partial charge in [-0.15, -0.1) is 0 Å². The number of hydrogen-bond donors (Lipinski definition) is 2. The zero-order valence-corrected chi connectivity index (χ0v) is 13.5. The fraction of sp³-hybridized carbons (Fsp3) is 0.500. The first kappa shape index (κ1) is 18.1. The van der Waals surface area contributed by atoms with Gasteiger partial charge in [0.15, 0.2) is 5.78 Å². The molecule has 0 saturated heterocycles. The Balaban J connectivity index is 1.89. The third kappa shape index (κ3) is 5.15. The molecule has 0 spiro atoms. The maximum atomic E-state index is 12.8. The van der Waals surface area contributed by atoms with Gasteiger partial charge in [0.25, 0.3) is 0 Å². The highest BCUT2D eigenvalue weighted by atomic mass is 19.1. The van der Waals surface area contributed by atoms with Crippen LogP contribution in [0.4, 0.5) is 4.39 Å². The summed E-state index contributed by atoms with van der Waals surface area (Å²) in [6.07, 6.45) is 4.04. The molecule has 5 nitrogen and oxygen atoms in total. The van der Waals surface area contributed by atoms with Crippen molar-refractivity contribution in [3.63, 3.8) is 0 Å². The molecule has 2 N–H and O–H groups in total. The molecule has 1 aliphatic carbocycles. The number of benzene rings is 1. The van der Waals surface area contributed by atoms with Crippen molar-refractivity contribution in [2.75, 3.05) is 0 Å². The molecule has 0 aliphatic heterocycles. The Morgan fingerprint density at radius 2 is 1.67 bits per heavy atom. The fourth-order valence-electron chi connectivity index (χ4n) is 3.23. The highest BCUT2D eigenvalue weighted by molar-refractivity contribution is 5.98. The van der Waals surface area contributed by atoms with Gasteiger partial charge in [0.2, 0.25) is 5.91 Å². The molecule has 0 atom stereocenters. The molecule has 1 fully saturated rings. The molecular formula is C18H22FNO4. The van der Waals surface area contributed by atoms with Gasteiger partial charge in [-0.2, -0.15) is 0 Å². The van der Waals surface area contributed by atoms with E-state index in [4.69, 9.17) is 5.11 Å². The Bertz CT molecular complexity index is 606. The lowest BCUT2D eigenvalue weighted by Gasteiger charge is -2.37. The predicted molar refractivity (Wildman–Crippen MR) is 86.2 cm³/mol. The van der Waals surface area contributed by atoms with Gasteiger partial charge in [0.05, 0.1) is 12.0 Å². The summed E-state index contributed by atoms with van der Waals surface area (Å²) in [7, 11) is 0. The van der Waals surface area contributed by atoms with E-state index < -0.39 is 17.3 Å². The summed E-state index contributed by atoms with van der Waals surface area (Å²) in [4.78, 5) is 35.3. The van der Waals surface area contributed by atoms with E-state index in [1.165, 1.54) is 24.3 Å². The minimum absolute atomic E-state index is 0.00240. The van der Waals surface area contributed by atoms with E-state index >= 15 is 0 Å². The lowest BCUT2D eigenvalue weighted by molar-refractivity contribution is -0.139. The first-order chi connectivity index (χ1) is 11.4. The molecular weight excluding hydrogens is 313 g/mol. The predicted octanol–water partition coefficient (Wildman–Crippen LogP) is 3.08. The Morgan fingerprint density at radius 1 is 1.04 bits per heavy atom. The van der Waals surface area contributed by atoms with Gasteiger partial charge in [-0.1, -0.05) is 19.3 Å². The van der Waals surface area contributed by atoms with E-state index in [1.54, 1.807) is 0 Å². The second-order valence-corrected chi connectivity index (χ2v) is 6.39. The van der Waals surface area contributed by atoms with Crippen LogP contribution in [0.1, 0.15) is 61.7 Å². The van der Waals surface area contributed by atoms with E-state index in [9.17, 15) is 18.8 Å². The number of halogens is 1. The minimum atomic E-state index is -0.931. The van der Waals surface area contributed by atoms with Crippen molar-refractivity contribution >= 4 is 17.7 Å². The molecule has 1 aromatic carbocycles. The number of rotatable bonds is 7. The Kier molecular flexibility index (Phi) is 6.06. The lowest BCUT2D eigenvalue weighted by atomic mass is 9.79. The van der Waals surface area contributed by atoms with Gasteiger partial charge in [-0.25, -0.2) is 4.39 Å². The zero-order valence-electron chi connectivity index (χ0n) is 13.5. The van der Waals surface area contributed by atoms with E-state index in [0.29, 0.717) is 18.4 Å². The summed E-state index contributed by atoms with van der Waals surface area (Å²) in [5.74, 6) is -1.90. The van der Waals surface area contributed by atoms with E-state index in [0.717, 1.165) is 19.3 Å². The number of hydrogen-bond acceptors (Lipinski definition) is 3. The second-order valence-electron chi connectivity index (χ2n) is 6.39. The maximum Gasteiger partial charge on any atom is 0.305 e. The highest BCUT2D eigenvalue weighted by Gasteiger charge is 2.35. The number of aliphatic carboxylic acids is 1. The van der Waals surface area contributed by atoms with Crippen molar-refractivity contribution < 1.29 is 23.9 Å². The van der Waals surface area contributed by atoms with Crippen LogP contribution in [-0.4, -0.2) is 28.3 Å². The molecule has 1 amide bonds. The van der Waals surface area contributed by atoms with Crippen LogP contribution in [-0.2, 0) is 9.59 Å². The van der Waals surface area contributed by atoms with Crippen molar-refractivity contribution in [3.8, 4) is 0 Å². The molecule has 0 aromatic heterocycles. The number of carboxylic acid groups (broad SMARTS) is 1. The number of ketones is 1. The third-order valence-electron chi connectivity index (χ3n) is 4.45. The van der Waals surface area contributed by atoms with Crippen LogP contribution >= 0.6 is 0 Å². The Hall–Kier alpha value is -2.24. The second kappa shape index (κ2) is 8.04. The molecule has 24 heavy (non-hydrogen) atoms. The summed E-state index contributed by atoms with van der Waals surface area (Å²) in [5, 5.41) is 11.9.